The molecule has 1 aromatic carbocycles. The topological polar surface area (TPSA) is 25.8 Å². The molecule has 1 aliphatic rings. The molecule has 0 aromatic heterocycles. The Morgan fingerprint density at radius 1 is 0.933 bits per heavy atom. The maximum atomic E-state index is 11.3. The third kappa shape index (κ3) is 1.69. The van der Waals surface area contributed by atoms with Gasteiger partial charge >= 0.3 is 0 Å². The van der Waals surface area contributed by atoms with Gasteiger partial charge in [0.2, 0.25) is 0 Å². The van der Waals surface area contributed by atoms with E-state index < -0.39 is 0 Å². The van der Waals surface area contributed by atoms with Crippen LogP contribution in [0.5, 0.6) is 0 Å². The fourth-order valence-corrected chi connectivity index (χ4v) is 2.98. The zero-order chi connectivity index (χ0) is 11.2. The molecule has 0 aliphatic carbocycles. The average molecular weight is 224 g/mol. The lowest BCUT2D eigenvalue weighted by Gasteiger charge is -2.27. The number of fused-ring (bicyclic) bond motifs is 1. The maximum Gasteiger partial charge on any atom is 0.198 e. The summed E-state index contributed by atoms with van der Waals surface area (Å²) < 4.78 is 1.86. The molecule has 1 heterocycles. The molecule has 0 saturated heterocycles. The number of hydrogen-bond acceptors (Lipinski definition) is 2. The van der Waals surface area contributed by atoms with E-state index in [1.165, 1.54) is 45.4 Å². The van der Waals surface area contributed by atoms with Crippen LogP contribution in [0.25, 0.3) is 0 Å². The molecule has 1 aromatic rings. The van der Waals surface area contributed by atoms with E-state index in [-0.39, 0.29) is 0 Å². The molecule has 82 valence electrons. The van der Waals surface area contributed by atoms with Gasteiger partial charge in [-0.15, -0.1) is 0 Å². The smallest absolute Gasteiger partial charge is 0.198 e. The Hall–Kier alpha value is -0.510. The molecule has 3 heteroatoms. The SMILES string of the molecule is Cc1c(C)c(C)c2c(c1C)CS[O+]([O-])C2. The van der Waals surface area contributed by atoms with Crippen molar-refractivity contribution in [3.8, 4) is 0 Å². The summed E-state index contributed by atoms with van der Waals surface area (Å²) in [6, 6.07) is 0. The van der Waals surface area contributed by atoms with Crippen molar-refractivity contribution in [2.75, 3.05) is 0 Å². The highest BCUT2D eigenvalue weighted by molar-refractivity contribution is 7.94. The van der Waals surface area contributed by atoms with E-state index in [1.54, 1.807) is 0 Å². The molecule has 15 heavy (non-hydrogen) atoms. The van der Waals surface area contributed by atoms with Crippen molar-refractivity contribution in [3.63, 3.8) is 0 Å². The largest absolute Gasteiger partial charge is 0.518 e. The van der Waals surface area contributed by atoms with Crippen LogP contribution >= 0.6 is 12.0 Å². The van der Waals surface area contributed by atoms with Crippen LogP contribution in [0.4, 0.5) is 0 Å². The molecule has 0 amide bonds. The maximum absolute atomic E-state index is 11.3. The Kier molecular flexibility index (Phi) is 2.79. The first-order chi connectivity index (χ1) is 7.02. The van der Waals surface area contributed by atoms with Crippen molar-refractivity contribution >= 4 is 12.0 Å². The second-order valence-corrected chi connectivity index (χ2v) is 5.06. The van der Waals surface area contributed by atoms with Gasteiger partial charge in [0.15, 0.2) is 18.6 Å². The van der Waals surface area contributed by atoms with Crippen LogP contribution in [0.3, 0.4) is 0 Å². The number of rotatable bonds is 0. The first-order valence-corrected chi connectivity index (χ1v) is 6.03. The predicted molar refractivity (Wildman–Crippen MR) is 61.5 cm³/mol. The van der Waals surface area contributed by atoms with Crippen molar-refractivity contribution in [2.24, 2.45) is 0 Å². The molecule has 0 N–H and O–H groups in total. The number of benzene rings is 1. The predicted octanol–water partition coefficient (Wildman–Crippen LogP) is 2.41. The van der Waals surface area contributed by atoms with Crippen molar-refractivity contribution in [1.29, 1.82) is 0 Å². The number of hydrogen-bond donors (Lipinski definition) is 0. The second kappa shape index (κ2) is 3.81. The highest BCUT2D eigenvalue weighted by Gasteiger charge is 2.24. The Bertz CT molecular complexity index is 413. The molecular formula is C12H16O2S. The van der Waals surface area contributed by atoms with E-state index in [9.17, 15) is 5.26 Å². The lowest BCUT2D eigenvalue weighted by atomic mass is 9.90. The van der Waals surface area contributed by atoms with Gasteiger partial charge in [-0.25, -0.2) is 0 Å². The van der Waals surface area contributed by atoms with Crippen LogP contribution < -0.4 is 5.26 Å². The van der Waals surface area contributed by atoms with Crippen LogP contribution in [-0.4, -0.2) is 0 Å². The minimum atomic E-state index is 0.452. The molecule has 0 saturated carbocycles. The summed E-state index contributed by atoms with van der Waals surface area (Å²) in [4.78, 5) is 0. The average Bonchev–Trinajstić information content (AvgIpc) is 2.23. The van der Waals surface area contributed by atoms with Gasteiger partial charge in [0.1, 0.15) is 0 Å². The van der Waals surface area contributed by atoms with E-state index in [2.05, 4.69) is 27.7 Å². The van der Waals surface area contributed by atoms with Crippen LogP contribution in [0.1, 0.15) is 33.4 Å². The van der Waals surface area contributed by atoms with Crippen LogP contribution in [0.2, 0.25) is 0 Å². The van der Waals surface area contributed by atoms with E-state index in [1.807, 2.05) is 3.96 Å². The van der Waals surface area contributed by atoms with Gasteiger partial charge in [-0.2, -0.15) is 0 Å². The van der Waals surface area contributed by atoms with Gasteiger partial charge in [0.05, 0.1) is 5.75 Å². The minimum Gasteiger partial charge on any atom is -0.518 e. The fraction of sp³-hybridized carbons (Fsp3) is 0.500. The summed E-state index contributed by atoms with van der Waals surface area (Å²) in [6.45, 7) is 9.03. The fourth-order valence-electron chi connectivity index (χ4n) is 2.14. The summed E-state index contributed by atoms with van der Waals surface area (Å²) in [7, 11) is 0. The van der Waals surface area contributed by atoms with Gasteiger partial charge in [-0.1, -0.05) is 0 Å². The summed E-state index contributed by atoms with van der Waals surface area (Å²) in [5.41, 5.74) is 7.91. The van der Waals surface area contributed by atoms with Gasteiger partial charge in [-0.3, -0.25) is 0 Å². The van der Waals surface area contributed by atoms with E-state index in [0.29, 0.717) is 6.61 Å². The Morgan fingerprint density at radius 2 is 1.47 bits per heavy atom. The molecule has 0 unspecified atom stereocenters. The Morgan fingerprint density at radius 3 is 2.07 bits per heavy atom. The molecule has 0 bridgehead atoms. The molecule has 0 fully saturated rings. The van der Waals surface area contributed by atoms with Crippen molar-refractivity contribution in [3.05, 3.63) is 33.4 Å². The summed E-state index contributed by atoms with van der Waals surface area (Å²) >= 11 is 1.29. The standard InChI is InChI=1S/C12H16O2S/c1-7-8(2)10(4)12-6-15-14(13)5-11(12)9(7)3/h5-6H2,1-4H3. The zero-order valence-electron chi connectivity index (χ0n) is 9.64. The monoisotopic (exact) mass is 224 g/mol. The normalized spacial score (nSPS) is 16.6. The lowest BCUT2D eigenvalue weighted by Crippen LogP contribution is -2.25. The van der Waals surface area contributed by atoms with Gasteiger partial charge in [0, 0.05) is 5.56 Å². The van der Waals surface area contributed by atoms with Crippen molar-refractivity contribution in [2.45, 2.75) is 40.1 Å². The molecule has 1 aliphatic heterocycles. The summed E-state index contributed by atoms with van der Waals surface area (Å²) in [6.07, 6.45) is 0. The quantitative estimate of drug-likeness (QED) is 0.384. The van der Waals surface area contributed by atoms with Crippen molar-refractivity contribution < 1.29 is 9.22 Å². The zero-order valence-corrected chi connectivity index (χ0v) is 10.5. The van der Waals surface area contributed by atoms with Gasteiger partial charge in [-0.05, 0) is 55.5 Å². The highest BCUT2D eigenvalue weighted by atomic mass is 32.2. The molecule has 0 atom stereocenters. The first kappa shape index (κ1) is 11.0. The molecule has 2 rings (SSSR count). The Labute approximate surface area is 95.1 Å². The van der Waals surface area contributed by atoms with E-state index >= 15 is 0 Å². The second-order valence-electron chi connectivity index (χ2n) is 4.17. The molecular weight excluding hydrogens is 208 g/mol. The highest BCUT2D eigenvalue weighted by Crippen LogP contribution is 2.36. The van der Waals surface area contributed by atoms with Gasteiger partial charge < -0.3 is 9.22 Å². The van der Waals surface area contributed by atoms with E-state index in [0.717, 1.165) is 5.75 Å². The van der Waals surface area contributed by atoms with Gasteiger partial charge in [0.25, 0.3) is 0 Å². The third-order valence-electron chi connectivity index (χ3n) is 3.55. The third-order valence-corrected chi connectivity index (χ3v) is 4.34. The lowest BCUT2D eigenvalue weighted by molar-refractivity contribution is -0.736. The molecule has 2 nitrogen and oxygen atoms in total. The van der Waals surface area contributed by atoms with Crippen molar-refractivity contribution in [1.82, 2.24) is 0 Å². The van der Waals surface area contributed by atoms with Crippen LogP contribution in [0, 0.1) is 27.7 Å². The van der Waals surface area contributed by atoms with E-state index in [4.69, 9.17) is 0 Å². The van der Waals surface area contributed by atoms with Crippen LogP contribution in [0.15, 0.2) is 0 Å². The summed E-state index contributed by atoms with van der Waals surface area (Å²) in [5, 5.41) is 11.3. The molecule has 0 radical (unpaired) electrons. The minimum absolute atomic E-state index is 0.452. The molecule has 0 spiro atoms. The van der Waals surface area contributed by atoms with Crippen LogP contribution in [-0.2, 0) is 16.3 Å². The Balaban J connectivity index is 2.65. The first-order valence-electron chi connectivity index (χ1n) is 5.12. The summed E-state index contributed by atoms with van der Waals surface area (Å²) in [5.74, 6) is 0.789.